The molecule has 0 fully saturated rings. The molecule has 0 saturated carbocycles. The minimum atomic E-state index is -3.76. The first-order valence-corrected chi connectivity index (χ1v) is 23.5. The third-order valence-corrected chi connectivity index (χ3v) is 10.0. The fourth-order valence-corrected chi connectivity index (χ4v) is 6.33. The van der Waals surface area contributed by atoms with Crippen LogP contribution in [0.25, 0.3) is 0 Å². The smallest absolute Gasteiger partial charge is 0.297 e. The van der Waals surface area contributed by atoms with Gasteiger partial charge in [-0.15, -0.1) is 0 Å². The van der Waals surface area contributed by atoms with Gasteiger partial charge < -0.3 is 56.8 Å². The molecular weight excluding hydrogens is 813 g/mol. The van der Waals surface area contributed by atoms with Gasteiger partial charge in [-0.05, 0) is 42.7 Å². The number of unbranched alkanes of at least 4 members (excludes halogenated alkanes) is 6. The Balaban J connectivity index is 1.17. The SMILES string of the molecule is CCCCCCCCCc1ccc(OCCOCCOCCOCCOCCOCCOCCOCCOCCOCCOCCOCCOS(=O)(=O)c2ccccc2)cc1. The zero-order valence-corrected chi connectivity index (χ0v) is 37.7. The largest absolute Gasteiger partial charge is 0.491 e. The third-order valence-electron chi connectivity index (χ3n) is 8.71. The predicted molar refractivity (Wildman–Crippen MR) is 232 cm³/mol. The van der Waals surface area contributed by atoms with Crippen molar-refractivity contribution in [3.63, 3.8) is 0 Å². The summed E-state index contributed by atoms with van der Waals surface area (Å²) < 4.78 is 95.2. The fraction of sp³-hybridized carbons (Fsp3) is 0.733. The quantitative estimate of drug-likeness (QED) is 0.0568. The van der Waals surface area contributed by atoms with Gasteiger partial charge in [-0.1, -0.05) is 75.8 Å². The van der Waals surface area contributed by atoms with Crippen LogP contribution in [-0.2, 0) is 72.8 Å². The molecule has 61 heavy (non-hydrogen) atoms. The minimum absolute atomic E-state index is 0.0606. The van der Waals surface area contributed by atoms with Gasteiger partial charge in [0, 0.05) is 0 Å². The van der Waals surface area contributed by atoms with Gasteiger partial charge in [0.15, 0.2) is 0 Å². The Bertz CT molecular complexity index is 1300. The molecule has 16 heteroatoms. The first-order valence-electron chi connectivity index (χ1n) is 22.1. The van der Waals surface area contributed by atoms with E-state index in [1.807, 2.05) is 12.1 Å². The number of rotatable bonds is 47. The van der Waals surface area contributed by atoms with E-state index in [2.05, 4.69) is 19.1 Å². The Hall–Kier alpha value is -2.29. The zero-order chi connectivity index (χ0) is 43.4. The molecular formula is C45H76O15S. The molecule has 352 valence electrons. The van der Waals surface area contributed by atoms with Crippen molar-refractivity contribution in [2.24, 2.45) is 0 Å². The molecule has 0 spiro atoms. The molecule has 15 nitrogen and oxygen atoms in total. The van der Waals surface area contributed by atoms with E-state index in [0.29, 0.717) is 145 Å². The van der Waals surface area contributed by atoms with Crippen LogP contribution in [0, 0.1) is 0 Å². The van der Waals surface area contributed by atoms with Gasteiger partial charge in [-0.25, -0.2) is 0 Å². The number of ether oxygens (including phenoxy) is 12. The zero-order valence-electron chi connectivity index (χ0n) is 36.9. The highest BCUT2D eigenvalue weighted by atomic mass is 32.2. The Morgan fingerprint density at radius 1 is 0.361 bits per heavy atom. The molecule has 0 unspecified atom stereocenters. The second-order valence-corrected chi connectivity index (χ2v) is 15.3. The Labute approximate surface area is 366 Å². The van der Waals surface area contributed by atoms with Crippen LogP contribution < -0.4 is 4.74 Å². The average Bonchev–Trinajstić information content (AvgIpc) is 3.28. The van der Waals surface area contributed by atoms with E-state index in [0.717, 1.165) is 12.2 Å². The monoisotopic (exact) mass is 888 g/mol. The number of aryl methyl sites for hydroxylation is 1. The highest BCUT2D eigenvalue weighted by Gasteiger charge is 2.13. The molecule has 0 aliphatic rings. The summed E-state index contributed by atoms with van der Waals surface area (Å²) in [7, 11) is -3.76. The highest BCUT2D eigenvalue weighted by Crippen LogP contribution is 2.15. The summed E-state index contributed by atoms with van der Waals surface area (Å²) in [6, 6.07) is 16.4. The van der Waals surface area contributed by atoms with Crippen molar-refractivity contribution in [1.29, 1.82) is 0 Å². The molecule has 0 saturated heterocycles. The molecule has 0 aliphatic heterocycles. The maximum absolute atomic E-state index is 12.0. The molecule has 0 aromatic heterocycles. The van der Waals surface area contributed by atoms with E-state index < -0.39 is 10.1 Å². The summed E-state index contributed by atoms with van der Waals surface area (Å²) in [6.07, 6.45) is 10.5. The van der Waals surface area contributed by atoms with Gasteiger partial charge in [0.1, 0.15) is 12.4 Å². The topological polar surface area (TPSA) is 154 Å². The predicted octanol–water partition coefficient (Wildman–Crippen LogP) is 5.95. The molecule has 0 N–H and O–H groups in total. The van der Waals surface area contributed by atoms with E-state index >= 15 is 0 Å². The van der Waals surface area contributed by atoms with Crippen molar-refractivity contribution < 1.29 is 69.4 Å². The maximum atomic E-state index is 12.0. The highest BCUT2D eigenvalue weighted by molar-refractivity contribution is 7.86. The maximum Gasteiger partial charge on any atom is 0.297 e. The Morgan fingerprint density at radius 3 is 1.07 bits per heavy atom. The summed E-state index contributed by atoms with van der Waals surface area (Å²) in [6.45, 7) is 12.8. The van der Waals surface area contributed by atoms with Crippen molar-refractivity contribution >= 4 is 10.1 Å². The molecule has 0 bridgehead atoms. The number of hydrogen-bond acceptors (Lipinski definition) is 15. The lowest BCUT2D eigenvalue weighted by Gasteiger charge is -2.09. The lowest BCUT2D eigenvalue weighted by Crippen LogP contribution is -2.16. The van der Waals surface area contributed by atoms with Crippen molar-refractivity contribution in [2.75, 3.05) is 159 Å². The van der Waals surface area contributed by atoms with Gasteiger partial charge in [0.05, 0.1) is 157 Å². The van der Waals surface area contributed by atoms with Crippen LogP contribution in [0.5, 0.6) is 5.75 Å². The lowest BCUT2D eigenvalue weighted by atomic mass is 10.0. The van der Waals surface area contributed by atoms with Gasteiger partial charge in [-0.3, -0.25) is 4.18 Å². The van der Waals surface area contributed by atoms with Crippen LogP contribution in [-0.4, -0.2) is 167 Å². The fourth-order valence-electron chi connectivity index (χ4n) is 5.42. The van der Waals surface area contributed by atoms with Crippen molar-refractivity contribution in [1.82, 2.24) is 0 Å². The molecule has 0 amide bonds. The van der Waals surface area contributed by atoms with Crippen LogP contribution in [0.4, 0.5) is 0 Å². The summed E-state index contributed by atoms with van der Waals surface area (Å²) in [5.74, 6) is 0.880. The first kappa shape index (κ1) is 54.8. The molecule has 0 atom stereocenters. The van der Waals surface area contributed by atoms with E-state index in [9.17, 15) is 8.42 Å². The van der Waals surface area contributed by atoms with Gasteiger partial charge in [-0.2, -0.15) is 8.42 Å². The van der Waals surface area contributed by atoms with Crippen LogP contribution in [0.2, 0.25) is 0 Å². The van der Waals surface area contributed by atoms with E-state index in [-0.39, 0.29) is 18.1 Å². The van der Waals surface area contributed by atoms with Crippen molar-refractivity contribution in [3.05, 3.63) is 60.2 Å². The van der Waals surface area contributed by atoms with E-state index in [4.69, 9.17) is 61.0 Å². The van der Waals surface area contributed by atoms with Gasteiger partial charge >= 0.3 is 0 Å². The number of benzene rings is 2. The van der Waals surface area contributed by atoms with E-state index in [1.54, 1.807) is 18.2 Å². The summed E-state index contributed by atoms with van der Waals surface area (Å²) in [4.78, 5) is 0.120. The van der Waals surface area contributed by atoms with Crippen LogP contribution in [0.1, 0.15) is 57.4 Å². The lowest BCUT2D eigenvalue weighted by molar-refractivity contribution is -0.0279. The standard InChI is InChI=1S/C45H76O15S/c1-2-3-4-5-6-7-9-12-43-15-17-44(18-16-43)59-41-39-57-37-35-55-33-31-53-29-27-51-25-23-49-21-19-48-20-22-50-24-26-52-28-30-54-32-34-56-36-38-58-40-42-60-61(46,47)45-13-10-8-11-14-45/h8,10-11,13-18H,2-7,9,12,19-42H2,1H3. The summed E-state index contributed by atoms with van der Waals surface area (Å²) in [5, 5.41) is 0. The van der Waals surface area contributed by atoms with Crippen LogP contribution in [0.3, 0.4) is 0 Å². The first-order chi connectivity index (χ1) is 30.1. The van der Waals surface area contributed by atoms with Crippen molar-refractivity contribution in [2.45, 2.75) is 63.2 Å². The summed E-state index contributed by atoms with van der Waals surface area (Å²) in [5.41, 5.74) is 1.37. The van der Waals surface area contributed by atoms with Crippen LogP contribution in [0.15, 0.2) is 59.5 Å². The molecule has 0 aliphatic carbocycles. The average molecular weight is 889 g/mol. The van der Waals surface area contributed by atoms with Gasteiger partial charge in [0.25, 0.3) is 10.1 Å². The van der Waals surface area contributed by atoms with Crippen molar-refractivity contribution in [3.8, 4) is 5.75 Å². The minimum Gasteiger partial charge on any atom is -0.491 e. The Morgan fingerprint density at radius 2 is 0.689 bits per heavy atom. The Kier molecular flexibility index (Phi) is 37.5. The molecule has 0 heterocycles. The molecule has 2 aromatic rings. The normalized spacial score (nSPS) is 11.8. The van der Waals surface area contributed by atoms with Gasteiger partial charge in [0.2, 0.25) is 0 Å². The van der Waals surface area contributed by atoms with E-state index in [1.165, 1.54) is 62.6 Å². The van der Waals surface area contributed by atoms with Crippen LogP contribution >= 0.6 is 0 Å². The second kappa shape index (κ2) is 41.7. The third kappa shape index (κ3) is 34.8. The summed E-state index contributed by atoms with van der Waals surface area (Å²) >= 11 is 0. The molecule has 0 radical (unpaired) electrons. The second-order valence-electron chi connectivity index (χ2n) is 13.7. The molecule has 2 rings (SSSR count). The number of hydrogen-bond donors (Lipinski definition) is 0. The molecule has 2 aromatic carbocycles.